The highest BCUT2D eigenvalue weighted by atomic mass is 15.2. The van der Waals surface area contributed by atoms with Crippen LogP contribution in [0.5, 0.6) is 0 Å². The van der Waals surface area contributed by atoms with Gasteiger partial charge in [0, 0.05) is 31.0 Å². The topological polar surface area (TPSA) is 28.2 Å². The molecule has 1 N–H and O–H groups in total. The number of hydrogen-bond donors (Lipinski definition) is 1. The third kappa shape index (κ3) is 4.57. The van der Waals surface area contributed by atoms with Gasteiger partial charge in [-0.3, -0.25) is 4.98 Å². The van der Waals surface area contributed by atoms with Gasteiger partial charge in [-0.05, 0) is 38.1 Å². The van der Waals surface area contributed by atoms with Crippen LogP contribution in [0.2, 0.25) is 0 Å². The van der Waals surface area contributed by atoms with Gasteiger partial charge < -0.3 is 10.2 Å². The number of pyridine rings is 1. The first kappa shape index (κ1) is 15.5. The summed E-state index contributed by atoms with van der Waals surface area (Å²) in [5, 5.41) is 3.33. The number of benzene rings is 1. The molecule has 0 bridgehead atoms. The van der Waals surface area contributed by atoms with Gasteiger partial charge in [-0.15, -0.1) is 0 Å². The molecule has 0 spiro atoms. The molecule has 3 heteroatoms. The maximum atomic E-state index is 4.44. The minimum Gasteiger partial charge on any atom is -0.365 e. The van der Waals surface area contributed by atoms with E-state index in [1.54, 1.807) is 0 Å². The minimum atomic E-state index is 0.444. The van der Waals surface area contributed by atoms with E-state index in [2.05, 4.69) is 78.4 Å². The van der Waals surface area contributed by atoms with Crippen molar-refractivity contribution in [2.75, 3.05) is 11.4 Å². The molecular weight excluding hydrogens is 258 g/mol. The fourth-order valence-electron chi connectivity index (χ4n) is 2.35. The lowest BCUT2D eigenvalue weighted by Gasteiger charge is -2.29. The SMILES string of the molecule is CCNCc1cc(N(Cc2ccccc2)C(C)C)ccn1. The average Bonchev–Trinajstić information content (AvgIpc) is 2.51. The van der Waals surface area contributed by atoms with Crippen molar-refractivity contribution in [3.63, 3.8) is 0 Å². The van der Waals surface area contributed by atoms with Crippen LogP contribution in [0.1, 0.15) is 32.0 Å². The Hall–Kier alpha value is -1.87. The van der Waals surface area contributed by atoms with Crippen molar-refractivity contribution in [2.24, 2.45) is 0 Å². The summed E-state index contributed by atoms with van der Waals surface area (Å²) in [6, 6.07) is 15.3. The van der Waals surface area contributed by atoms with Crippen LogP contribution in [0.25, 0.3) is 0 Å². The lowest BCUT2D eigenvalue weighted by atomic mass is 10.1. The molecule has 3 nitrogen and oxygen atoms in total. The molecule has 21 heavy (non-hydrogen) atoms. The molecular formula is C18H25N3. The van der Waals surface area contributed by atoms with Crippen LogP contribution in [-0.2, 0) is 13.1 Å². The van der Waals surface area contributed by atoms with Crippen molar-refractivity contribution >= 4 is 5.69 Å². The van der Waals surface area contributed by atoms with Crippen LogP contribution in [0, 0.1) is 0 Å². The van der Waals surface area contributed by atoms with Gasteiger partial charge in [0.05, 0.1) is 5.69 Å². The lowest BCUT2D eigenvalue weighted by molar-refractivity contribution is 0.676. The van der Waals surface area contributed by atoms with E-state index >= 15 is 0 Å². The summed E-state index contributed by atoms with van der Waals surface area (Å²) >= 11 is 0. The van der Waals surface area contributed by atoms with Crippen LogP contribution < -0.4 is 10.2 Å². The van der Waals surface area contributed by atoms with Gasteiger partial charge in [0.15, 0.2) is 0 Å². The second kappa shape index (κ2) is 7.79. The maximum Gasteiger partial charge on any atom is 0.0562 e. The third-order valence-corrected chi connectivity index (χ3v) is 3.51. The standard InChI is InChI=1S/C18H25N3/c1-4-19-13-17-12-18(10-11-20-17)21(15(2)3)14-16-8-6-5-7-9-16/h5-12,15,19H,4,13-14H2,1-3H3. The van der Waals surface area contributed by atoms with Gasteiger partial charge in [-0.1, -0.05) is 37.3 Å². The van der Waals surface area contributed by atoms with E-state index < -0.39 is 0 Å². The van der Waals surface area contributed by atoms with E-state index in [-0.39, 0.29) is 0 Å². The molecule has 0 radical (unpaired) electrons. The predicted molar refractivity (Wildman–Crippen MR) is 89.4 cm³/mol. The molecule has 0 aliphatic heterocycles. The van der Waals surface area contributed by atoms with Gasteiger partial charge >= 0.3 is 0 Å². The second-order valence-corrected chi connectivity index (χ2v) is 5.49. The summed E-state index contributed by atoms with van der Waals surface area (Å²) in [5.41, 5.74) is 3.65. The molecule has 0 amide bonds. The average molecular weight is 283 g/mol. The van der Waals surface area contributed by atoms with Gasteiger partial charge in [0.2, 0.25) is 0 Å². The number of nitrogens with zero attached hydrogens (tertiary/aromatic N) is 2. The van der Waals surface area contributed by atoms with E-state index in [1.807, 2.05) is 6.20 Å². The molecule has 1 aromatic heterocycles. The van der Waals surface area contributed by atoms with Crippen LogP contribution in [-0.4, -0.2) is 17.6 Å². The molecule has 1 heterocycles. The largest absolute Gasteiger partial charge is 0.365 e. The normalized spacial score (nSPS) is 10.9. The van der Waals surface area contributed by atoms with Crippen molar-refractivity contribution in [3.8, 4) is 0 Å². The Morgan fingerprint density at radius 1 is 1.14 bits per heavy atom. The summed E-state index contributed by atoms with van der Waals surface area (Å²) in [7, 11) is 0. The molecule has 1 aromatic carbocycles. The Bertz CT molecular complexity index is 537. The predicted octanol–water partition coefficient (Wildman–Crippen LogP) is 3.61. The first-order valence-corrected chi connectivity index (χ1v) is 7.67. The Labute approximate surface area is 128 Å². The first-order chi connectivity index (χ1) is 10.2. The van der Waals surface area contributed by atoms with Gasteiger partial charge in [0.25, 0.3) is 0 Å². The fraction of sp³-hybridized carbons (Fsp3) is 0.389. The second-order valence-electron chi connectivity index (χ2n) is 5.49. The van der Waals surface area contributed by atoms with Crippen molar-refractivity contribution in [2.45, 2.75) is 39.9 Å². The van der Waals surface area contributed by atoms with Crippen LogP contribution in [0.15, 0.2) is 48.7 Å². The van der Waals surface area contributed by atoms with E-state index in [0.29, 0.717) is 6.04 Å². The highest BCUT2D eigenvalue weighted by molar-refractivity contribution is 5.48. The summed E-state index contributed by atoms with van der Waals surface area (Å²) < 4.78 is 0. The van der Waals surface area contributed by atoms with Gasteiger partial charge in [0.1, 0.15) is 0 Å². The smallest absolute Gasteiger partial charge is 0.0562 e. The number of rotatable bonds is 7. The zero-order valence-corrected chi connectivity index (χ0v) is 13.2. The summed E-state index contributed by atoms with van der Waals surface area (Å²) in [6.45, 7) is 9.27. The van der Waals surface area contributed by atoms with Crippen LogP contribution >= 0.6 is 0 Å². The van der Waals surface area contributed by atoms with E-state index in [9.17, 15) is 0 Å². The maximum absolute atomic E-state index is 4.44. The third-order valence-electron chi connectivity index (χ3n) is 3.51. The molecule has 2 rings (SSSR count). The first-order valence-electron chi connectivity index (χ1n) is 7.67. The zero-order chi connectivity index (χ0) is 15.1. The lowest BCUT2D eigenvalue weighted by Crippen LogP contribution is -2.30. The van der Waals surface area contributed by atoms with Crippen molar-refractivity contribution in [1.29, 1.82) is 0 Å². The Balaban J connectivity index is 2.18. The summed E-state index contributed by atoms with van der Waals surface area (Å²) in [6.07, 6.45) is 1.91. The number of nitrogens with one attached hydrogen (secondary N) is 1. The molecule has 0 saturated carbocycles. The molecule has 0 aliphatic carbocycles. The van der Waals surface area contributed by atoms with Crippen LogP contribution in [0.3, 0.4) is 0 Å². The van der Waals surface area contributed by atoms with Crippen molar-refractivity contribution < 1.29 is 0 Å². The summed E-state index contributed by atoms with van der Waals surface area (Å²) in [5.74, 6) is 0. The zero-order valence-electron chi connectivity index (χ0n) is 13.2. The number of hydrogen-bond acceptors (Lipinski definition) is 3. The molecule has 0 saturated heterocycles. The monoisotopic (exact) mass is 283 g/mol. The fourth-order valence-corrected chi connectivity index (χ4v) is 2.35. The van der Waals surface area contributed by atoms with Crippen LogP contribution in [0.4, 0.5) is 5.69 Å². The van der Waals surface area contributed by atoms with E-state index in [4.69, 9.17) is 0 Å². The Morgan fingerprint density at radius 2 is 1.90 bits per heavy atom. The quantitative estimate of drug-likeness (QED) is 0.841. The van der Waals surface area contributed by atoms with E-state index in [1.165, 1.54) is 11.3 Å². The summed E-state index contributed by atoms with van der Waals surface area (Å²) in [4.78, 5) is 6.85. The Morgan fingerprint density at radius 3 is 2.57 bits per heavy atom. The highest BCUT2D eigenvalue weighted by Crippen LogP contribution is 2.20. The molecule has 0 atom stereocenters. The van der Waals surface area contributed by atoms with Gasteiger partial charge in [-0.2, -0.15) is 0 Å². The van der Waals surface area contributed by atoms with E-state index in [0.717, 1.165) is 25.3 Å². The minimum absolute atomic E-state index is 0.444. The molecule has 0 unspecified atom stereocenters. The molecule has 2 aromatic rings. The Kier molecular flexibility index (Phi) is 5.76. The molecule has 0 fully saturated rings. The number of aromatic nitrogens is 1. The van der Waals surface area contributed by atoms with Crippen molar-refractivity contribution in [1.82, 2.24) is 10.3 Å². The molecule has 0 aliphatic rings. The van der Waals surface area contributed by atoms with Gasteiger partial charge in [-0.25, -0.2) is 0 Å². The highest BCUT2D eigenvalue weighted by Gasteiger charge is 2.12. The van der Waals surface area contributed by atoms with Crippen molar-refractivity contribution in [3.05, 3.63) is 59.9 Å². The number of anilines is 1. The molecule has 112 valence electrons.